The molecule has 2 heterocycles. The van der Waals surface area contributed by atoms with E-state index in [1.54, 1.807) is 0 Å². The minimum atomic E-state index is 0.320. The zero-order valence-electron chi connectivity index (χ0n) is 9.96. The van der Waals surface area contributed by atoms with Crippen molar-refractivity contribution in [1.82, 2.24) is 19.1 Å². The average Bonchev–Trinajstić information content (AvgIpc) is 2.94. The zero-order chi connectivity index (χ0) is 12.7. The van der Waals surface area contributed by atoms with Gasteiger partial charge < -0.3 is 4.57 Å². The molecule has 3 rings (SSSR count). The molecule has 0 bridgehead atoms. The van der Waals surface area contributed by atoms with Crippen LogP contribution in [0, 0.1) is 0 Å². The molecule has 0 saturated heterocycles. The molecule has 1 aromatic carbocycles. The van der Waals surface area contributed by atoms with E-state index in [1.807, 2.05) is 17.5 Å². The maximum Gasteiger partial charge on any atom is 0.162 e. The van der Waals surface area contributed by atoms with Crippen LogP contribution >= 0.6 is 27.5 Å². The Kier molecular flexibility index (Phi) is 2.91. The molecule has 0 spiro atoms. The van der Waals surface area contributed by atoms with Crippen molar-refractivity contribution >= 4 is 38.5 Å². The number of imidazole rings is 1. The zero-order valence-corrected chi connectivity index (χ0v) is 12.4. The topological polar surface area (TPSA) is 43.6 Å². The summed E-state index contributed by atoms with van der Waals surface area (Å²) in [6.07, 6.45) is 0. The van der Waals surface area contributed by atoms with E-state index < -0.39 is 0 Å². The Labute approximate surface area is 117 Å². The lowest BCUT2D eigenvalue weighted by Gasteiger charge is -2.11. The van der Waals surface area contributed by atoms with E-state index >= 15 is 0 Å². The highest BCUT2D eigenvalue weighted by molar-refractivity contribution is 9.10. The first-order chi connectivity index (χ1) is 8.66. The van der Waals surface area contributed by atoms with Crippen LogP contribution in [0.4, 0.5) is 0 Å². The Morgan fingerprint density at radius 1 is 1.33 bits per heavy atom. The van der Waals surface area contributed by atoms with Crippen LogP contribution < -0.4 is 0 Å². The molecule has 3 aromatic rings. The van der Waals surface area contributed by atoms with Crippen molar-refractivity contribution in [2.24, 2.45) is 0 Å². The molecular weight excluding hydrogens is 312 g/mol. The largest absolute Gasteiger partial charge is 0.320 e. The van der Waals surface area contributed by atoms with Crippen LogP contribution in [0.15, 0.2) is 28.1 Å². The van der Waals surface area contributed by atoms with Gasteiger partial charge in [-0.1, -0.05) is 20.4 Å². The van der Waals surface area contributed by atoms with Gasteiger partial charge in [0, 0.05) is 15.9 Å². The predicted molar refractivity (Wildman–Crippen MR) is 76.7 cm³/mol. The van der Waals surface area contributed by atoms with Crippen LogP contribution in [0.25, 0.3) is 22.6 Å². The van der Waals surface area contributed by atoms with Crippen molar-refractivity contribution in [3.05, 3.63) is 28.1 Å². The van der Waals surface area contributed by atoms with E-state index in [9.17, 15) is 0 Å². The minimum Gasteiger partial charge on any atom is -0.320 e. The van der Waals surface area contributed by atoms with Gasteiger partial charge in [0.2, 0.25) is 0 Å². The Balaban J connectivity index is 2.35. The second kappa shape index (κ2) is 4.44. The van der Waals surface area contributed by atoms with E-state index in [0.717, 1.165) is 27.0 Å². The average molecular weight is 323 g/mol. The van der Waals surface area contributed by atoms with E-state index in [2.05, 4.69) is 55.0 Å². The molecule has 0 aliphatic rings. The van der Waals surface area contributed by atoms with Crippen molar-refractivity contribution in [3.8, 4) is 11.5 Å². The number of hydrogen-bond donors (Lipinski definition) is 0. The molecule has 0 radical (unpaired) electrons. The van der Waals surface area contributed by atoms with Crippen LogP contribution in [0.3, 0.4) is 0 Å². The van der Waals surface area contributed by atoms with Crippen molar-refractivity contribution in [2.45, 2.75) is 19.9 Å². The summed E-state index contributed by atoms with van der Waals surface area (Å²) in [4.78, 5) is 4.66. The molecule has 0 aliphatic carbocycles. The van der Waals surface area contributed by atoms with Gasteiger partial charge in [0.15, 0.2) is 5.82 Å². The molecular formula is C12H11BrN4S. The maximum absolute atomic E-state index is 4.66. The molecule has 18 heavy (non-hydrogen) atoms. The van der Waals surface area contributed by atoms with Crippen molar-refractivity contribution in [1.29, 1.82) is 0 Å². The van der Waals surface area contributed by atoms with E-state index in [0.29, 0.717) is 6.04 Å². The van der Waals surface area contributed by atoms with E-state index in [4.69, 9.17) is 0 Å². The highest BCUT2D eigenvalue weighted by Crippen LogP contribution is 2.29. The third kappa shape index (κ3) is 1.85. The molecule has 0 saturated carbocycles. The third-order valence-corrected chi connectivity index (χ3v) is 3.75. The number of aromatic nitrogens is 4. The van der Waals surface area contributed by atoms with Gasteiger partial charge in [-0.3, -0.25) is 0 Å². The number of fused-ring (bicyclic) bond motifs is 1. The lowest BCUT2D eigenvalue weighted by atomic mass is 10.3. The predicted octanol–water partition coefficient (Wildman–Crippen LogP) is 3.90. The van der Waals surface area contributed by atoms with E-state index in [-0.39, 0.29) is 0 Å². The lowest BCUT2D eigenvalue weighted by molar-refractivity contribution is 0.623. The highest BCUT2D eigenvalue weighted by atomic mass is 79.9. The fourth-order valence-corrected chi connectivity index (χ4v) is 2.82. The summed E-state index contributed by atoms with van der Waals surface area (Å²) in [7, 11) is 0. The number of hydrogen-bond acceptors (Lipinski definition) is 4. The Morgan fingerprint density at radius 2 is 2.17 bits per heavy atom. The summed E-state index contributed by atoms with van der Waals surface area (Å²) in [5, 5.41) is 6.05. The molecule has 0 N–H and O–H groups in total. The third-order valence-electron chi connectivity index (χ3n) is 2.76. The standard InChI is InChI=1S/C12H11BrN4S/c1-7(2)17-11-5-8(13)3-4-9(11)14-12(17)10-6-18-16-15-10/h3-7H,1-2H3. The van der Waals surface area contributed by atoms with Gasteiger partial charge >= 0.3 is 0 Å². The molecule has 0 amide bonds. The molecule has 4 nitrogen and oxygen atoms in total. The summed E-state index contributed by atoms with van der Waals surface area (Å²) in [6, 6.07) is 6.43. The molecule has 0 aliphatic heterocycles. The van der Waals surface area contributed by atoms with Gasteiger partial charge in [-0.15, -0.1) is 5.10 Å². The minimum absolute atomic E-state index is 0.320. The quantitative estimate of drug-likeness (QED) is 0.718. The van der Waals surface area contributed by atoms with Crippen LogP contribution in [0.1, 0.15) is 19.9 Å². The first-order valence-corrected chi connectivity index (χ1v) is 7.24. The van der Waals surface area contributed by atoms with Crippen LogP contribution in [-0.2, 0) is 0 Å². The summed E-state index contributed by atoms with van der Waals surface area (Å²) >= 11 is 4.85. The second-order valence-corrected chi connectivity index (χ2v) is 5.85. The van der Waals surface area contributed by atoms with Crippen LogP contribution in [-0.4, -0.2) is 19.1 Å². The van der Waals surface area contributed by atoms with Gasteiger partial charge in [0.25, 0.3) is 0 Å². The smallest absolute Gasteiger partial charge is 0.162 e. The molecule has 0 fully saturated rings. The Hall–Kier alpha value is -1.27. The summed E-state index contributed by atoms with van der Waals surface area (Å²) in [6.45, 7) is 4.29. The monoisotopic (exact) mass is 322 g/mol. The summed E-state index contributed by atoms with van der Waals surface area (Å²) < 4.78 is 7.16. The van der Waals surface area contributed by atoms with E-state index in [1.165, 1.54) is 11.5 Å². The van der Waals surface area contributed by atoms with Crippen molar-refractivity contribution < 1.29 is 0 Å². The Bertz CT molecular complexity index is 687. The van der Waals surface area contributed by atoms with Crippen molar-refractivity contribution in [3.63, 3.8) is 0 Å². The highest BCUT2D eigenvalue weighted by Gasteiger charge is 2.16. The van der Waals surface area contributed by atoms with Gasteiger partial charge in [0.1, 0.15) is 5.69 Å². The first kappa shape index (κ1) is 11.8. The SMILES string of the molecule is CC(C)n1c(-c2csnn2)nc2ccc(Br)cc21. The summed E-state index contributed by atoms with van der Waals surface area (Å²) in [5.41, 5.74) is 2.93. The van der Waals surface area contributed by atoms with Gasteiger partial charge in [-0.05, 0) is 43.6 Å². The number of halogens is 1. The Morgan fingerprint density at radius 3 is 2.83 bits per heavy atom. The molecule has 6 heteroatoms. The summed E-state index contributed by atoms with van der Waals surface area (Å²) in [5.74, 6) is 0.881. The van der Waals surface area contributed by atoms with Gasteiger partial charge in [-0.2, -0.15) is 0 Å². The second-order valence-electron chi connectivity index (χ2n) is 4.32. The molecule has 2 aromatic heterocycles. The van der Waals surface area contributed by atoms with Crippen LogP contribution in [0.5, 0.6) is 0 Å². The molecule has 0 atom stereocenters. The van der Waals surface area contributed by atoms with Crippen molar-refractivity contribution in [2.75, 3.05) is 0 Å². The number of rotatable bonds is 2. The number of benzene rings is 1. The normalized spacial score (nSPS) is 11.6. The van der Waals surface area contributed by atoms with Gasteiger partial charge in [-0.25, -0.2) is 4.98 Å². The molecule has 0 unspecified atom stereocenters. The van der Waals surface area contributed by atoms with Gasteiger partial charge in [0.05, 0.1) is 11.0 Å². The fourth-order valence-electron chi connectivity index (χ4n) is 2.03. The lowest BCUT2D eigenvalue weighted by Crippen LogP contribution is -2.03. The number of nitrogens with zero attached hydrogens (tertiary/aromatic N) is 4. The maximum atomic E-state index is 4.66. The first-order valence-electron chi connectivity index (χ1n) is 5.61. The fraction of sp³-hybridized carbons (Fsp3) is 0.250. The molecule has 92 valence electrons. The van der Waals surface area contributed by atoms with Crippen LogP contribution in [0.2, 0.25) is 0 Å².